The third kappa shape index (κ3) is 3.07. The van der Waals surface area contributed by atoms with Gasteiger partial charge in [0, 0.05) is 11.1 Å². The van der Waals surface area contributed by atoms with Crippen molar-refractivity contribution < 1.29 is 4.79 Å². The molecule has 0 N–H and O–H groups in total. The Kier molecular flexibility index (Phi) is 4.95. The van der Waals surface area contributed by atoms with Crippen LogP contribution >= 0.6 is 0 Å². The number of rotatable bonds is 5. The largest absolute Gasteiger partial charge is 0.289 e. The first-order valence-electron chi connectivity index (χ1n) is 7.87. The molecule has 1 nitrogen and oxygen atoms in total. The van der Waals surface area contributed by atoms with Gasteiger partial charge >= 0.3 is 0 Å². The summed E-state index contributed by atoms with van der Waals surface area (Å²) in [6.07, 6.45) is 2.81. The number of ketones is 1. The van der Waals surface area contributed by atoms with E-state index in [1.807, 2.05) is 31.2 Å². The zero-order valence-corrected chi connectivity index (χ0v) is 13.5. The van der Waals surface area contributed by atoms with Crippen molar-refractivity contribution >= 4 is 5.78 Å². The maximum Gasteiger partial charge on any atom is 0.193 e. The van der Waals surface area contributed by atoms with E-state index in [0.29, 0.717) is 0 Å². The lowest BCUT2D eigenvalue weighted by Crippen LogP contribution is -2.11. The first kappa shape index (κ1) is 15.5. The number of benzene rings is 2. The van der Waals surface area contributed by atoms with E-state index >= 15 is 0 Å². The molecule has 0 spiro atoms. The molecule has 0 aliphatic carbocycles. The molecule has 0 fully saturated rings. The first-order chi connectivity index (χ1) is 10.1. The third-order valence-electron chi connectivity index (χ3n) is 4.15. The quantitative estimate of drug-likeness (QED) is 0.711. The molecular weight excluding hydrogens is 256 g/mol. The number of carbonyl (C=O) groups is 1. The average molecular weight is 280 g/mol. The Balaban J connectivity index is 2.62. The van der Waals surface area contributed by atoms with Crippen LogP contribution in [0.4, 0.5) is 0 Å². The fourth-order valence-corrected chi connectivity index (χ4v) is 2.86. The van der Waals surface area contributed by atoms with Gasteiger partial charge in [0.2, 0.25) is 0 Å². The molecule has 0 aliphatic heterocycles. The standard InChI is InChI=1S/C20H24O/c1-5-15-12-16(6-2)19(17(7-3)13-15)20(21)18-11-9-8-10-14(18)4/h8-13H,5-7H2,1-4H3. The smallest absolute Gasteiger partial charge is 0.193 e. The molecule has 21 heavy (non-hydrogen) atoms. The maximum absolute atomic E-state index is 13.0. The minimum absolute atomic E-state index is 0.171. The number of carbonyl (C=O) groups excluding carboxylic acids is 1. The molecule has 0 amide bonds. The second-order valence-corrected chi connectivity index (χ2v) is 5.49. The van der Waals surface area contributed by atoms with Gasteiger partial charge in [-0.15, -0.1) is 0 Å². The van der Waals surface area contributed by atoms with E-state index in [1.54, 1.807) is 0 Å². The molecule has 0 unspecified atom stereocenters. The highest BCUT2D eigenvalue weighted by Crippen LogP contribution is 2.24. The van der Waals surface area contributed by atoms with Gasteiger partial charge in [-0.05, 0) is 48.4 Å². The molecule has 110 valence electrons. The van der Waals surface area contributed by atoms with Crippen LogP contribution in [0.1, 0.15) is 58.9 Å². The molecule has 2 aromatic rings. The molecule has 0 radical (unpaired) electrons. The van der Waals surface area contributed by atoms with E-state index in [0.717, 1.165) is 36.0 Å². The summed E-state index contributed by atoms with van der Waals surface area (Å²) in [5.41, 5.74) is 6.48. The van der Waals surface area contributed by atoms with Gasteiger partial charge in [-0.1, -0.05) is 57.2 Å². The lowest BCUT2D eigenvalue weighted by atomic mass is 9.88. The minimum atomic E-state index is 0.171. The SMILES string of the molecule is CCc1cc(CC)c(C(=O)c2ccccc2C)c(CC)c1. The predicted molar refractivity (Wildman–Crippen MR) is 89.2 cm³/mol. The van der Waals surface area contributed by atoms with E-state index in [9.17, 15) is 4.79 Å². The number of hydrogen-bond acceptors (Lipinski definition) is 1. The predicted octanol–water partition coefficient (Wildman–Crippen LogP) is 4.91. The van der Waals surface area contributed by atoms with Gasteiger partial charge in [0.15, 0.2) is 5.78 Å². The summed E-state index contributed by atoms with van der Waals surface area (Å²) in [6.45, 7) is 8.42. The lowest BCUT2D eigenvalue weighted by molar-refractivity contribution is 0.103. The van der Waals surface area contributed by atoms with Crippen LogP contribution in [0.5, 0.6) is 0 Å². The van der Waals surface area contributed by atoms with Gasteiger partial charge in [0.25, 0.3) is 0 Å². The molecule has 0 atom stereocenters. The fraction of sp³-hybridized carbons (Fsp3) is 0.350. The maximum atomic E-state index is 13.0. The van der Waals surface area contributed by atoms with Crippen LogP contribution in [0.15, 0.2) is 36.4 Å². The third-order valence-corrected chi connectivity index (χ3v) is 4.15. The van der Waals surface area contributed by atoms with E-state index in [2.05, 4.69) is 32.9 Å². The molecular formula is C20H24O. The Hall–Kier alpha value is -1.89. The summed E-state index contributed by atoms with van der Waals surface area (Å²) >= 11 is 0. The Labute approximate surface area is 128 Å². The van der Waals surface area contributed by atoms with Crippen LogP contribution in [0, 0.1) is 6.92 Å². The highest BCUT2D eigenvalue weighted by molar-refractivity contribution is 6.11. The highest BCUT2D eigenvalue weighted by atomic mass is 16.1. The molecule has 0 saturated heterocycles. The van der Waals surface area contributed by atoms with Crippen molar-refractivity contribution in [2.24, 2.45) is 0 Å². The lowest BCUT2D eigenvalue weighted by Gasteiger charge is -2.15. The van der Waals surface area contributed by atoms with Gasteiger partial charge in [-0.3, -0.25) is 4.79 Å². The van der Waals surface area contributed by atoms with E-state index in [4.69, 9.17) is 0 Å². The Morgan fingerprint density at radius 3 is 1.95 bits per heavy atom. The monoisotopic (exact) mass is 280 g/mol. The van der Waals surface area contributed by atoms with Crippen molar-refractivity contribution in [1.29, 1.82) is 0 Å². The van der Waals surface area contributed by atoms with Gasteiger partial charge in [-0.25, -0.2) is 0 Å². The molecule has 0 bridgehead atoms. The molecule has 0 aliphatic rings. The Morgan fingerprint density at radius 2 is 1.48 bits per heavy atom. The normalized spacial score (nSPS) is 10.7. The summed E-state index contributed by atoms with van der Waals surface area (Å²) in [6, 6.07) is 12.3. The molecule has 1 heteroatoms. The van der Waals surface area contributed by atoms with Crippen LogP contribution in [0.3, 0.4) is 0 Å². The van der Waals surface area contributed by atoms with Crippen LogP contribution in [-0.2, 0) is 19.3 Å². The Morgan fingerprint density at radius 1 is 0.905 bits per heavy atom. The second kappa shape index (κ2) is 6.71. The Bertz CT molecular complexity index is 628. The first-order valence-corrected chi connectivity index (χ1v) is 7.87. The van der Waals surface area contributed by atoms with Crippen molar-refractivity contribution in [2.75, 3.05) is 0 Å². The van der Waals surface area contributed by atoms with Crippen LogP contribution < -0.4 is 0 Å². The van der Waals surface area contributed by atoms with Gasteiger partial charge < -0.3 is 0 Å². The van der Waals surface area contributed by atoms with Gasteiger partial charge in [0.05, 0.1) is 0 Å². The number of aryl methyl sites for hydroxylation is 4. The molecule has 0 aromatic heterocycles. The molecule has 0 heterocycles. The van der Waals surface area contributed by atoms with Crippen molar-refractivity contribution in [3.8, 4) is 0 Å². The highest BCUT2D eigenvalue weighted by Gasteiger charge is 2.18. The average Bonchev–Trinajstić information content (AvgIpc) is 2.53. The van der Waals surface area contributed by atoms with Crippen molar-refractivity contribution in [2.45, 2.75) is 47.0 Å². The van der Waals surface area contributed by atoms with Crippen molar-refractivity contribution in [1.82, 2.24) is 0 Å². The van der Waals surface area contributed by atoms with Gasteiger partial charge in [-0.2, -0.15) is 0 Å². The summed E-state index contributed by atoms with van der Waals surface area (Å²) in [7, 11) is 0. The zero-order valence-electron chi connectivity index (χ0n) is 13.5. The van der Waals surface area contributed by atoms with E-state index < -0.39 is 0 Å². The summed E-state index contributed by atoms with van der Waals surface area (Å²) in [5.74, 6) is 0.171. The van der Waals surface area contributed by atoms with Crippen molar-refractivity contribution in [3.05, 3.63) is 69.8 Å². The summed E-state index contributed by atoms with van der Waals surface area (Å²) in [5, 5.41) is 0. The van der Waals surface area contributed by atoms with Gasteiger partial charge in [0.1, 0.15) is 0 Å². The summed E-state index contributed by atoms with van der Waals surface area (Å²) in [4.78, 5) is 13.0. The second-order valence-electron chi connectivity index (χ2n) is 5.49. The molecule has 2 rings (SSSR count). The minimum Gasteiger partial charge on any atom is -0.289 e. The molecule has 2 aromatic carbocycles. The summed E-state index contributed by atoms with van der Waals surface area (Å²) < 4.78 is 0. The van der Waals surface area contributed by atoms with Crippen LogP contribution in [0.2, 0.25) is 0 Å². The van der Waals surface area contributed by atoms with E-state index in [-0.39, 0.29) is 5.78 Å². The van der Waals surface area contributed by atoms with E-state index in [1.165, 1.54) is 16.7 Å². The molecule has 0 saturated carbocycles. The van der Waals surface area contributed by atoms with Crippen LogP contribution in [-0.4, -0.2) is 5.78 Å². The number of hydrogen-bond donors (Lipinski definition) is 0. The zero-order chi connectivity index (χ0) is 15.4. The fourth-order valence-electron chi connectivity index (χ4n) is 2.86. The van der Waals surface area contributed by atoms with Crippen molar-refractivity contribution in [3.63, 3.8) is 0 Å². The van der Waals surface area contributed by atoms with Crippen LogP contribution in [0.25, 0.3) is 0 Å². The topological polar surface area (TPSA) is 17.1 Å².